The van der Waals surface area contributed by atoms with Crippen LogP contribution >= 0.6 is 31.9 Å². The highest BCUT2D eigenvalue weighted by atomic mass is 79.9. The molecular weight excluding hydrogens is 274 g/mol. The third kappa shape index (κ3) is 2.56. The Labute approximate surface area is 81.8 Å². The van der Waals surface area contributed by atoms with Crippen molar-refractivity contribution in [3.05, 3.63) is 32.7 Å². The van der Waals surface area contributed by atoms with E-state index in [-0.39, 0.29) is 0 Å². The summed E-state index contributed by atoms with van der Waals surface area (Å²) in [6, 6.07) is 5.79. The van der Waals surface area contributed by atoms with Gasteiger partial charge in [-0.15, -0.1) is 0 Å². The van der Waals surface area contributed by atoms with Crippen LogP contribution in [-0.2, 0) is 6.54 Å². The molecule has 0 saturated carbocycles. The average molecular weight is 281 g/mol. The molecule has 0 fully saturated rings. The molecule has 0 amide bonds. The quantitative estimate of drug-likeness (QED) is 0.817. The summed E-state index contributed by atoms with van der Waals surface area (Å²) < 4.78 is 2.00. The van der Waals surface area contributed by atoms with Gasteiger partial charge in [-0.2, -0.15) is 0 Å². The molecule has 0 bridgehead atoms. The molecule has 0 saturated heterocycles. The first-order chi connectivity index (χ1) is 5.24. The molecule has 0 aliphatic carbocycles. The summed E-state index contributed by atoms with van der Waals surface area (Å²) in [7, 11) is 0. The molecule has 0 heterocycles. The van der Waals surface area contributed by atoms with E-state index < -0.39 is 0 Å². The second-order valence-corrected chi connectivity index (χ2v) is 3.79. The summed E-state index contributed by atoms with van der Waals surface area (Å²) in [5, 5.41) is 8.40. The van der Waals surface area contributed by atoms with E-state index in [1.807, 2.05) is 18.2 Å². The molecule has 11 heavy (non-hydrogen) atoms. The van der Waals surface area contributed by atoms with Crippen LogP contribution in [0.3, 0.4) is 0 Å². The molecule has 60 valence electrons. The fourth-order valence-corrected chi connectivity index (χ4v) is 1.41. The topological polar surface area (TPSA) is 32.3 Å². The summed E-state index contributed by atoms with van der Waals surface area (Å²) in [6.07, 6.45) is 0. The molecular formula is C7H7Br2NO. The smallest absolute Gasteiger partial charge is 0.0458 e. The van der Waals surface area contributed by atoms with Gasteiger partial charge in [0, 0.05) is 15.5 Å². The highest BCUT2D eigenvalue weighted by Gasteiger charge is 1.96. The summed E-state index contributed by atoms with van der Waals surface area (Å²) in [5.74, 6) is 0. The van der Waals surface area contributed by atoms with Crippen LogP contribution < -0.4 is 5.48 Å². The fourth-order valence-electron chi connectivity index (χ4n) is 0.741. The molecule has 0 aliphatic heterocycles. The normalized spacial score (nSPS) is 10.1. The molecule has 1 aromatic rings. The minimum Gasteiger partial charge on any atom is -0.316 e. The van der Waals surface area contributed by atoms with E-state index in [0.29, 0.717) is 6.54 Å². The first kappa shape index (κ1) is 9.19. The first-order valence-corrected chi connectivity index (χ1v) is 4.63. The fraction of sp³-hybridized carbons (Fsp3) is 0.143. The van der Waals surface area contributed by atoms with Gasteiger partial charge in [0.15, 0.2) is 0 Å². The maximum atomic E-state index is 8.40. The predicted molar refractivity (Wildman–Crippen MR) is 50.5 cm³/mol. The molecule has 0 radical (unpaired) electrons. The predicted octanol–water partition coefficient (Wildman–Crippen LogP) is 2.69. The number of rotatable bonds is 2. The van der Waals surface area contributed by atoms with Crippen molar-refractivity contribution < 1.29 is 5.21 Å². The molecule has 4 heteroatoms. The van der Waals surface area contributed by atoms with Gasteiger partial charge in [0.2, 0.25) is 0 Å². The van der Waals surface area contributed by atoms with Crippen LogP contribution in [0, 0.1) is 0 Å². The first-order valence-electron chi connectivity index (χ1n) is 3.05. The van der Waals surface area contributed by atoms with Crippen LogP contribution in [0.1, 0.15) is 5.56 Å². The summed E-state index contributed by atoms with van der Waals surface area (Å²) in [6.45, 7) is 0.464. The van der Waals surface area contributed by atoms with Crippen molar-refractivity contribution in [2.24, 2.45) is 0 Å². The van der Waals surface area contributed by atoms with E-state index in [0.717, 1.165) is 14.5 Å². The lowest BCUT2D eigenvalue weighted by Crippen LogP contribution is -2.05. The highest BCUT2D eigenvalue weighted by Crippen LogP contribution is 2.23. The van der Waals surface area contributed by atoms with Gasteiger partial charge in [0.05, 0.1) is 0 Å². The molecule has 1 aromatic carbocycles. The van der Waals surface area contributed by atoms with Gasteiger partial charge in [-0.25, -0.2) is 5.48 Å². The second-order valence-electron chi connectivity index (χ2n) is 2.08. The van der Waals surface area contributed by atoms with E-state index in [9.17, 15) is 0 Å². The molecule has 0 aromatic heterocycles. The molecule has 2 nitrogen and oxygen atoms in total. The van der Waals surface area contributed by atoms with Gasteiger partial charge in [-0.05, 0) is 49.6 Å². The Morgan fingerprint density at radius 1 is 1.27 bits per heavy atom. The van der Waals surface area contributed by atoms with Crippen molar-refractivity contribution in [1.29, 1.82) is 0 Å². The highest BCUT2D eigenvalue weighted by molar-refractivity contribution is 9.13. The van der Waals surface area contributed by atoms with E-state index in [2.05, 4.69) is 37.3 Å². The zero-order valence-electron chi connectivity index (χ0n) is 5.64. The standard InChI is InChI=1S/C7H7Br2NO/c8-6-2-1-5(4-10-11)3-7(6)9/h1-3,10-11H,4H2. The SMILES string of the molecule is ONCc1ccc(Br)c(Br)c1. The van der Waals surface area contributed by atoms with Crippen LogP contribution in [0.25, 0.3) is 0 Å². The summed E-state index contributed by atoms with van der Waals surface area (Å²) in [4.78, 5) is 0. The van der Waals surface area contributed by atoms with E-state index in [1.54, 1.807) is 0 Å². The van der Waals surface area contributed by atoms with Crippen LogP contribution in [-0.4, -0.2) is 5.21 Å². The molecule has 0 unspecified atom stereocenters. The van der Waals surface area contributed by atoms with Crippen LogP contribution in [0.15, 0.2) is 27.1 Å². The molecule has 0 atom stereocenters. The van der Waals surface area contributed by atoms with E-state index >= 15 is 0 Å². The molecule has 0 spiro atoms. The van der Waals surface area contributed by atoms with Crippen molar-refractivity contribution in [3.8, 4) is 0 Å². The van der Waals surface area contributed by atoms with Gasteiger partial charge in [-0.3, -0.25) is 0 Å². The lowest BCUT2D eigenvalue weighted by Gasteiger charge is -2.00. The number of halogens is 2. The molecule has 0 aliphatic rings. The van der Waals surface area contributed by atoms with Gasteiger partial charge in [0.1, 0.15) is 0 Å². The van der Waals surface area contributed by atoms with Gasteiger partial charge < -0.3 is 5.21 Å². The maximum absolute atomic E-state index is 8.40. The monoisotopic (exact) mass is 279 g/mol. The zero-order valence-corrected chi connectivity index (χ0v) is 8.81. The zero-order chi connectivity index (χ0) is 8.27. The Balaban J connectivity index is 2.86. The largest absolute Gasteiger partial charge is 0.316 e. The van der Waals surface area contributed by atoms with Gasteiger partial charge in [0.25, 0.3) is 0 Å². The van der Waals surface area contributed by atoms with Crippen molar-refractivity contribution in [2.75, 3.05) is 0 Å². The van der Waals surface area contributed by atoms with Crippen molar-refractivity contribution >= 4 is 31.9 Å². The van der Waals surface area contributed by atoms with E-state index in [1.165, 1.54) is 0 Å². The number of hydrogen-bond donors (Lipinski definition) is 2. The Morgan fingerprint density at radius 2 is 2.00 bits per heavy atom. The third-order valence-electron chi connectivity index (χ3n) is 1.27. The van der Waals surface area contributed by atoms with Crippen molar-refractivity contribution in [2.45, 2.75) is 6.54 Å². The summed E-state index contributed by atoms with van der Waals surface area (Å²) in [5.41, 5.74) is 3.12. The number of benzene rings is 1. The van der Waals surface area contributed by atoms with Crippen molar-refractivity contribution in [1.82, 2.24) is 5.48 Å². The molecule has 1 rings (SSSR count). The Bertz CT molecular complexity index is 252. The van der Waals surface area contributed by atoms with E-state index in [4.69, 9.17) is 5.21 Å². The lowest BCUT2D eigenvalue weighted by molar-refractivity contribution is 0.161. The lowest BCUT2D eigenvalue weighted by atomic mass is 10.2. The van der Waals surface area contributed by atoms with Crippen LogP contribution in [0.5, 0.6) is 0 Å². The average Bonchev–Trinajstić information content (AvgIpc) is 1.98. The van der Waals surface area contributed by atoms with Crippen LogP contribution in [0.2, 0.25) is 0 Å². The number of hydrogen-bond acceptors (Lipinski definition) is 2. The Hall–Kier alpha value is 0.1000. The van der Waals surface area contributed by atoms with Gasteiger partial charge >= 0.3 is 0 Å². The minimum atomic E-state index is 0.464. The van der Waals surface area contributed by atoms with Crippen molar-refractivity contribution in [3.63, 3.8) is 0 Å². The molecule has 2 N–H and O–H groups in total. The maximum Gasteiger partial charge on any atom is 0.0458 e. The summed E-state index contributed by atoms with van der Waals surface area (Å²) >= 11 is 6.71. The Kier molecular flexibility index (Phi) is 3.51. The van der Waals surface area contributed by atoms with Crippen LogP contribution in [0.4, 0.5) is 0 Å². The number of nitrogens with one attached hydrogen (secondary N) is 1. The Morgan fingerprint density at radius 3 is 2.55 bits per heavy atom. The number of hydroxylamine groups is 1. The van der Waals surface area contributed by atoms with Gasteiger partial charge in [-0.1, -0.05) is 6.07 Å². The second kappa shape index (κ2) is 4.21. The minimum absolute atomic E-state index is 0.464. The third-order valence-corrected chi connectivity index (χ3v) is 3.15.